The first-order valence-corrected chi connectivity index (χ1v) is 9.25. The maximum Gasteiger partial charge on any atom is 0.224 e. The van der Waals surface area contributed by atoms with Gasteiger partial charge in [-0.3, -0.25) is 9.69 Å². The summed E-state index contributed by atoms with van der Waals surface area (Å²) in [7, 11) is 0. The number of carbonyl (C=O) groups is 1. The first-order chi connectivity index (χ1) is 11.5. The molecule has 132 valence electrons. The Morgan fingerprint density at radius 2 is 2.12 bits per heavy atom. The van der Waals surface area contributed by atoms with E-state index in [0.717, 1.165) is 44.6 Å². The molecule has 4 heteroatoms. The second kappa shape index (κ2) is 7.14. The molecule has 24 heavy (non-hydrogen) atoms. The lowest BCUT2D eigenvalue weighted by Crippen LogP contribution is -2.50. The molecule has 1 unspecified atom stereocenters. The van der Waals surface area contributed by atoms with Crippen LogP contribution >= 0.6 is 0 Å². The van der Waals surface area contributed by atoms with Crippen molar-refractivity contribution in [3.8, 4) is 5.75 Å². The molecule has 3 rings (SSSR count). The highest BCUT2D eigenvalue weighted by molar-refractivity contribution is 5.81. The number of ether oxygens (including phenoxy) is 1. The number of nitrogens with two attached hydrogens (primary N) is 1. The van der Waals surface area contributed by atoms with Crippen molar-refractivity contribution in [3.05, 3.63) is 29.8 Å². The predicted octanol–water partition coefficient (Wildman–Crippen LogP) is 3.34. The van der Waals surface area contributed by atoms with Gasteiger partial charge in [0.05, 0.1) is 11.5 Å². The van der Waals surface area contributed by atoms with Crippen LogP contribution in [0.4, 0.5) is 0 Å². The molecule has 1 saturated carbocycles. The molecule has 1 amide bonds. The molecule has 0 radical (unpaired) electrons. The summed E-state index contributed by atoms with van der Waals surface area (Å²) in [5.74, 6) is 1.56. The van der Waals surface area contributed by atoms with Gasteiger partial charge in [-0.1, -0.05) is 31.0 Å². The molecule has 0 spiro atoms. The molecule has 0 aromatic heterocycles. The minimum Gasteiger partial charge on any atom is -0.491 e. The van der Waals surface area contributed by atoms with E-state index in [-0.39, 0.29) is 17.4 Å². The van der Waals surface area contributed by atoms with Gasteiger partial charge < -0.3 is 10.5 Å². The normalized spacial score (nSPS) is 25.0. The molecule has 2 fully saturated rings. The summed E-state index contributed by atoms with van der Waals surface area (Å²) in [5.41, 5.74) is 6.71. The first kappa shape index (κ1) is 17.3. The molecule has 0 bridgehead atoms. The smallest absolute Gasteiger partial charge is 0.224 e. The first-order valence-electron chi connectivity index (χ1n) is 9.25. The minimum atomic E-state index is -0.326. The molecular weight excluding hydrogens is 300 g/mol. The Balaban J connectivity index is 1.72. The van der Waals surface area contributed by atoms with Crippen molar-refractivity contribution in [1.29, 1.82) is 0 Å². The van der Waals surface area contributed by atoms with Crippen molar-refractivity contribution in [2.75, 3.05) is 13.1 Å². The van der Waals surface area contributed by atoms with Gasteiger partial charge in [0.2, 0.25) is 5.91 Å². The van der Waals surface area contributed by atoms with E-state index >= 15 is 0 Å². The van der Waals surface area contributed by atoms with E-state index in [4.69, 9.17) is 10.5 Å². The van der Waals surface area contributed by atoms with Crippen LogP contribution in [0, 0.1) is 11.3 Å². The van der Waals surface area contributed by atoms with Gasteiger partial charge in [0.1, 0.15) is 5.75 Å². The van der Waals surface area contributed by atoms with E-state index in [1.807, 2.05) is 26.0 Å². The quantitative estimate of drug-likeness (QED) is 0.834. The number of para-hydroxylation sites is 1. The van der Waals surface area contributed by atoms with E-state index in [9.17, 15) is 4.79 Å². The van der Waals surface area contributed by atoms with Crippen molar-refractivity contribution in [2.45, 2.75) is 58.6 Å². The fraction of sp³-hybridized carbons (Fsp3) is 0.650. The largest absolute Gasteiger partial charge is 0.491 e. The lowest BCUT2D eigenvalue weighted by molar-refractivity contribution is -0.132. The number of hydrogen-bond donors (Lipinski definition) is 1. The third-order valence-corrected chi connectivity index (χ3v) is 5.28. The van der Waals surface area contributed by atoms with Crippen LogP contribution in [-0.4, -0.2) is 30.0 Å². The van der Waals surface area contributed by atoms with Crippen LogP contribution in [0.3, 0.4) is 0 Å². The third kappa shape index (κ3) is 4.10. The molecule has 1 aromatic rings. The van der Waals surface area contributed by atoms with Crippen LogP contribution in [0.1, 0.15) is 51.5 Å². The molecule has 1 aliphatic heterocycles. The average Bonchev–Trinajstić information content (AvgIpc) is 3.33. The number of rotatable bonds is 7. The summed E-state index contributed by atoms with van der Waals surface area (Å²) in [6, 6.07) is 8.22. The molecule has 1 aliphatic carbocycles. The molecule has 2 aliphatic rings. The number of hydrogen-bond acceptors (Lipinski definition) is 3. The fourth-order valence-corrected chi connectivity index (χ4v) is 3.95. The van der Waals surface area contributed by atoms with Crippen molar-refractivity contribution in [2.24, 2.45) is 17.1 Å². The van der Waals surface area contributed by atoms with Crippen LogP contribution in [0.5, 0.6) is 5.75 Å². The molecule has 1 atom stereocenters. The highest BCUT2D eigenvalue weighted by atomic mass is 16.5. The maximum absolute atomic E-state index is 12.2. The Kier molecular flexibility index (Phi) is 5.14. The van der Waals surface area contributed by atoms with Crippen LogP contribution in [0.15, 0.2) is 24.3 Å². The summed E-state index contributed by atoms with van der Waals surface area (Å²) < 4.78 is 5.94. The van der Waals surface area contributed by atoms with Crippen molar-refractivity contribution in [1.82, 2.24) is 4.90 Å². The fourth-order valence-electron chi connectivity index (χ4n) is 3.95. The summed E-state index contributed by atoms with van der Waals surface area (Å²) in [6.45, 7) is 6.73. The van der Waals surface area contributed by atoms with Crippen LogP contribution in [-0.2, 0) is 11.3 Å². The average molecular weight is 330 g/mol. The predicted molar refractivity (Wildman–Crippen MR) is 95.7 cm³/mol. The topological polar surface area (TPSA) is 55.6 Å². The molecule has 4 nitrogen and oxygen atoms in total. The summed E-state index contributed by atoms with van der Waals surface area (Å²) >= 11 is 0. The third-order valence-electron chi connectivity index (χ3n) is 5.28. The Labute approximate surface area is 145 Å². The zero-order valence-electron chi connectivity index (χ0n) is 15.0. The standard InChI is InChI=1S/C20H30N2O2/c1-15(2)24-18-7-4-3-6-17(18)13-22-11-5-10-20(14-22,19(21)23)12-16-8-9-16/h3-4,6-7,15-16H,5,8-14H2,1-2H3,(H2,21,23). The number of primary amides is 1. The SMILES string of the molecule is CC(C)Oc1ccccc1CN1CCCC(CC2CC2)(C(N)=O)C1. The van der Waals surface area contributed by atoms with Gasteiger partial charge in [0, 0.05) is 18.7 Å². The lowest BCUT2D eigenvalue weighted by atomic mass is 9.75. The van der Waals surface area contributed by atoms with E-state index in [2.05, 4.69) is 17.0 Å². The molecule has 1 aromatic carbocycles. The van der Waals surface area contributed by atoms with Gasteiger partial charge in [-0.2, -0.15) is 0 Å². The number of nitrogens with zero attached hydrogens (tertiary/aromatic N) is 1. The Bertz CT molecular complexity index is 583. The van der Waals surface area contributed by atoms with E-state index in [1.54, 1.807) is 0 Å². The molecule has 2 N–H and O–H groups in total. The Morgan fingerprint density at radius 1 is 1.38 bits per heavy atom. The van der Waals surface area contributed by atoms with Crippen molar-refractivity contribution >= 4 is 5.91 Å². The number of likely N-dealkylation sites (tertiary alicyclic amines) is 1. The van der Waals surface area contributed by atoms with Crippen LogP contribution < -0.4 is 10.5 Å². The number of piperidine rings is 1. The van der Waals surface area contributed by atoms with Crippen molar-refractivity contribution < 1.29 is 9.53 Å². The number of benzene rings is 1. The highest BCUT2D eigenvalue weighted by Crippen LogP contribution is 2.44. The van der Waals surface area contributed by atoms with Gasteiger partial charge in [-0.25, -0.2) is 0 Å². The molecule has 1 heterocycles. The van der Waals surface area contributed by atoms with Gasteiger partial charge in [0.25, 0.3) is 0 Å². The van der Waals surface area contributed by atoms with E-state index in [0.29, 0.717) is 5.92 Å². The van der Waals surface area contributed by atoms with Gasteiger partial charge >= 0.3 is 0 Å². The van der Waals surface area contributed by atoms with E-state index in [1.165, 1.54) is 18.4 Å². The Morgan fingerprint density at radius 3 is 2.79 bits per heavy atom. The van der Waals surface area contributed by atoms with Crippen LogP contribution in [0.25, 0.3) is 0 Å². The lowest BCUT2D eigenvalue weighted by Gasteiger charge is -2.41. The number of amides is 1. The monoisotopic (exact) mass is 330 g/mol. The van der Waals surface area contributed by atoms with Gasteiger partial charge in [0.15, 0.2) is 0 Å². The summed E-state index contributed by atoms with van der Waals surface area (Å²) in [4.78, 5) is 14.6. The molecule has 1 saturated heterocycles. The second-order valence-corrected chi connectivity index (χ2v) is 7.88. The summed E-state index contributed by atoms with van der Waals surface area (Å²) in [6.07, 6.45) is 5.65. The highest BCUT2D eigenvalue weighted by Gasteiger charge is 2.44. The second-order valence-electron chi connectivity index (χ2n) is 7.88. The van der Waals surface area contributed by atoms with Gasteiger partial charge in [-0.05, 0) is 51.6 Å². The van der Waals surface area contributed by atoms with Crippen LogP contribution in [0.2, 0.25) is 0 Å². The summed E-state index contributed by atoms with van der Waals surface area (Å²) in [5, 5.41) is 0. The van der Waals surface area contributed by atoms with Gasteiger partial charge in [-0.15, -0.1) is 0 Å². The molecular formula is C20H30N2O2. The Hall–Kier alpha value is -1.55. The van der Waals surface area contributed by atoms with E-state index < -0.39 is 0 Å². The minimum absolute atomic E-state index is 0.106. The van der Waals surface area contributed by atoms with Crippen molar-refractivity contribution in [3.63, 3.8) is 0 Å². The zero-order valence-corrected chi connectivity index (χ0v) is 15.0. The zero-order chi connectivity index (χ0) is 17.2. The number of carbonyl (C=O) groups excluding carboxylic acids is 1. The maximum atomic E-state index is 12.2.